The van der Waals surface area contributed by atoms with Gasteiger partial charge in [0, 0.05) is 6.54 Å². The molecular formula is C11H9NO3. The number of benzene rings is 1. The Labute approximate surface area is 85.5 Å². The number of anilines is 1. The third-order valence-corrected chi connectivity index (χ3v) is 2.20. The van der Waals surface area contributed by atoms with Crippen molar-refractivity contribution >= 4 is 5.69 Å². The molecule has 0 unspecified atom stereocenters. The maximum absolute atomic E-state index is 11.0. The molecule has 0 saturated carbocycles. The molecule has 2 N–H and O–H groups in total. The van der Waals surface area contributed by atoms with Crippen molar-refractivity contribution < 1.29 is 5.11 Å². The Kier molecular flexibility index (Phi) is 2.25. The van der Waals surface area contributed by atoms with Crippen molar-refractivity contribution in [3.63, 3.8) is 0 Å². The van der Waals surface area contributed by atoms with E-state index >= 15 is 0 Å². The smallest absolute Gasteiger partial charge is 0.271 e. The van der Waals surface area contributed by atoms with Crippen molar-refractivity contribution in [2.45, 2.75) is 6.54 Å². The van der Waals surface area contributed by atoms with Crippen LogP contribution in [0.15, 0.2) is 39.9 Å². The van der Waals surface area contributed by atoms with Crippen molar-refractivity contribution in [2.75, 3.05) is 5.32 Å². The van der Waals surface area contributed by atoms with E-state index in [1.807, 2.05) is 30.3 Å². The van der Waals surface area contributed by atoms with Gasteiger partial charge in [-0.05, 0) is 5.56 Å². The van der Waals surface area contributed by atoms with Crippen LogP contribution in [0.4, 0.5) is 5.69 Å². The largest absolute Gasteiger partial charge is 0.502 e. The Hall–Kier alpha value is -2.10. The third kappa shape index (κ3) is 1.61. The van der Waals surface area contributed by atoms with Crippen molar-refractivity contribution in [1.82, 2.24) is 0 Å². The quantitative estimate of drug-likeness (QED) is 0.717. The topological polar surface area (TPSA) is 66.4 Å². The van der Waals surface area contributed by atoms with Crippen LogP contribution in [-0.4, -0.2) is 5.11 Å². The third-order valence-electron chi connectivity index (χ3n) is 2.20. The Morgan fingerprint density at radius 3 is 2.33 bits per heavy atom. The summed E-state index contributed by atoms with van der Waals surface area (Å²) in [6, 6.07) is 9.40. The number of aromatic hydroxyl groups is 1. The highest BCUT2D eigenvalue weighted by Crippen LogP contribution is 2.15. The standard InChI is InChI=1S/C11H9NO3/c13-9-8(10(14)11(9)15)12-6-7-4-2-1-3-5-7/h1-5,12-13H,6H2. The highest BCUT2D eigenvalue weighted by atomic mass is 16.3. The molecule has 0 saturated heterocycles. The van der Waals surface area contributed by atoms with Gasteiger partial charge in [0.1, 0.15) is 5.69 Å². The van der Waals surface area contributed by atoms with Gasteiger partial charge in [-0.25, -0.2) is 0 Å². The lowest BCUT2D eigenvalue weighted by atomic mass is 10.2. The van der Waals surface area contributed by atoms with Gasteiger partial charge in [0.25, 0.3) is 10.9 Å². The van der Waals surface area contributed by atoms with E-state index in [-0.39, 0.29) is 5.69 Å². The summed E-state index contributed by atoms with van der Waals surface area (Å²) >= 11 is 0. The fourth-order valence-corrected chi connectivity index (χ4v) is 1.33. The van der Waals surface area contributed by atoms with Crippen LogP contribution in [0.5, 0.6) is 5.75 Å². The predicted molar refractivity (Wildman–Crippen MR) is 56.8 cm³/mol. The van der Waals surface area contributed by atoms with Crippen LogP contribution in [0.2, 0.25) is 0 Å². The first-order valence-corrected chi connectivity index (χ1v) is 4.50. The average Bonchev–Trinajstić information content (AvgIpc) is 2.30. The lowest BCUT2D eigenvalue weighted by Gasteiger charge is -2.08. The van der Waals surface area contributed by atoms with Crippen molar-refractivity contribution in [2.24, 2.45) is 0 Å². The van der Waals surface area contributed by atoms with E-state index in [4.69, 9.17) is 5.11 Å². The van der Waals surface area contributed by atoms with Crippen LogP contribution in [0.25, 0.3) is 0 Å². The molecule has 0 atom stereocenters. The monoisotopic (exact) mass is 203 g/mol. The molecule has 4 nitrogen and oxygen atoms in total. The van der Waals surface area contributed by atoms with Gasteiger partial charge in [0.2, 0.25) is 0 Å². The van der Waals surface area contributed by atoms with Gasteiger partial charge in [-0.2, -0.15) is 0 Å². The van der Waals surface area contributed by atoms with Gasteiger partial charge in [-0.1, -0.05) is 30.3 Å². The van der Waals surface area contributed by atoms with Gasteiger partial charge in [-0.15, -0.1) is 0 Å². The van der Waals surface area contributed by atoms with Crippen LogP contribution < -0.4 is 16.2 Å². The second-order valence-electron chi connectivity index (χ2n) is 3.22. The molecule has 0 spiro atoms. The molecular weight excluding hydrogens is 194 g/mol. The van der Waals surface area contributed by atoms with Gasteiger partial charge < -0.3 is 10.4 Å². The minimum absolute atomic E-state index is 0.0175. The van der Waals surface area contributed by atoms with Crippen LogP contribution in [0, 0.1) is 0 Å². The molecule has 0 aromatic heterocycles. The summed E-state index contributed by atoms with van der Waals surface area (Å²) in [5.74, 6) is -0.462. The van der Waals surface area contributed by atoms with Crippen LogP contribution in [-0.2, 0) is 6.54 Å². The molecule has 76 valence electrons. The summed E-state index contributed by atoms with van der Waals surface area (Å²) in [6.45, 7) is 0.416. The number of hydrogen-bond acceptors (Lipinski definition) is 4. The fourth-order valence-electron chi connectivity index (χ4n) is 1.33. The molecule has 0 aliphatic heterocycles. The molecule has 0 radical (unpaired) electrons. The van der Waals surface area contributed by atoms with E-state index in [1.165, 1.54) is 0 Å². The van der Waals surface area contributed by atoms with Crippen LogP contribution in [0.1, 0.15) is 5.56 Å². The molecule has 2 rings (SSSR count). The SMILES string of the molecule is O=c1c(O)c(NCc2ccccc2)c1=O. The summed E-state index contributed by atoms with van der Waals surface area (Å²) in [4.78, 5) is 21.6. The van der Waals surface area contributed by atoms with Gasteiger partial charge in [-0.3, -0.25) is 9.59 Å². The summed E-state index contributed by atoms with van der Waals surface area (Å²) in [5, 5.41) is 11.8. The summed E-state index contributed by atoms with van der Waals surface area (Å²) in [7, 11) is 0. The van der Waals surface area contributed by atoms with Crippen molar-refractivity contribution in [3.8, 4) is 5.75 Å². The molecule has 0 bridgehead atoms. The molecule has 2 aromatic rings. The van der Waals surface area contributed by atoms with Crippen molar-refractivity contribution in [1.29, 1.82) is 0 Å². The maximum atomic E-state index is 11.0. The highest BCUT2D eigenvalue weighted by molar-refractivity contribution is 5.60. The molecule has 0 aliphatic rings. The zero-order chi connectivity index (χ0) is 10.8. The zero-order valence-corrected chi connectivity index (χ0v) is 7.86. The van der Waals surface area contributed by atoms with Crippen LogP contribution in [0.3, 0.4) is 0 Å². The fraction of sp³-hybridized carbons (Fsp3) is 0.0909. The maximum Gasteiger partial charge on any atom is 0.271 e. The second kappa shape index (κ2) is 3.57. The van der Waals surface area contributed by atoms with Crippen LogP contribution >= 0.6 is 0 Å². The molecule has 0 aliphatic carbocycles. The Morgan fingerprint density at radius 1 is 1.07 bits per heavy atom. The van der Waals surface area contributed by atoms with E-state index in [0.717, 1.165) is 5.56 Å². The number of rotatable bonds is 3. The van der Waals surface area contributed by atoms with E-state index in [0.29, 0.717) is 6.54 Å². The first kappa shape index (κ1) is 9.45. The zero-order valence-electron chi connectivity index (χ0n) is 7.86. The lowest BCUT2D eigenvalue weighted by molar-refractivity contribution is 0.465. The predicted octanol–water partition coefficient (Wildman–Crippen LogP) is 0.600. The van der Waals surface area contributed by atoms with E-state index in [2.05, 4.69) is 5.32 Å². The number of nitrogens with one attached hydrogen (secondary N) is 1. The molecule has 15 heavy (non-hydrogen) atoms. The molecule has 0 heterocycles. The Morgan fingerprint density at radius 2 is 1.73 bits per heavy atom. The van der Waals surface area contributed by atoms with Crippen molar-refractivity contribution in [3.05, 3.63) is 56.3 Å². The Bertz CT molecular complexity index is 538. The normalized spacial score (nSPS) is 10.4. The highest BCUT2D eigenvalue weighted by Gasteiger charge is 2.18. The van der Waals surface area contributed by atoms with Gasteiger partial charge in [0.05, 0.1) is 0 Å². The average molecular weight is 203 g/mol. The molecule has 0 fully saturated rings. The first-order chi connectivity index (χ1) is 7.20. The van der Waals surface area contributed by atoms with Gasteiger partial charge >= 0.3 is 0 Å². The Balaban J connectivity index is 2.07. The minimum atomic E-state index is -0.814. The summed E-state index contributed by atoms with van der Waals surface area (Å²) in [6.07, 6.45) is 0. The first-order valence-electron chi connectivity index (χ1n) is 4.50. The summed E-state index contributed by atoms with van der Waals surface area (Å²) < 4.78 is 0. The minimum Gasteiger partial charge on any atom is -0.502 e. The van der Waals surface area contributed by atoms with E-state index in [1.54, 1.807) is 0 Å². The lowest BCUT2D eigenvalue weighted by Crippen LogP contribution is -2.33. The van der Waals surface area contributed by atoms with E-state index < -0.39 is 16.6 Å². The van der Waals surface area contributed by atoms with Gasteiger partial charge in [0.15, 0.2) is 5.75 Å². The summed E-state index contributed by atoms with van der Waals surface area (Å²) in [5.41, 5.74) is -0.470. The molecule has 0 amide bonds. The number of hydrogen-bond donors (Lipinski definition) is 2. The molecule has 2 aromatic carbocycles. The molecule has 4 heteroatoms. The van der Waals surface area contributed by atoms with E-state index in [9.17, 15) is 9.59 Å². The second-order valence-corrected chi connectivity index (χ2v) is 3.22.